The number of anilines is 2. The van der Waals surface area contributed by atoms with Crippen LogP contribution < -0.4 is 5.32 Å². The van der Waals surface area contributed by atoms with Crippen molar-refractivity contribution in [2.24, 2.45) is 0 Å². The van der Waals surface area contributed by atoms with E-state index in [4.69, 9.17) is 0 Å². The Hall–Kier alpha value is -3.52. The van der Waals surface area contributed by atoms with E-state index in [1.807, 2.05) is 10.6 Å². The number of hydrogen-bond acceptors (Lipinski definition) is 7. The number of aromatic nitrogens is 5. The number of pyridine rings is 1. The van der Waals surface area contributed by atoms with E-state index < -0.39 is 0 Å². The highest BCUT2D eigenvalue weighted by atomic mass is 32.2. The number of ketones is 1. The largest absolute Gasteiger partial charge is 0.337 e. The van der Waals surface area contributed by atoms with Crippen LogP contribution in [-0.2, 0) is 6.54 Å². The van der Waals surface area contributed by atoms with Crippen LogP contribution in [0.15, 0.2) is 77.3 Å². The van der Waals surface area contributed by atoms with Gasteiger partial charge in [-0.15, -0.1) is 0 Å². The van der Waals surface area contributed by atoms with Crippen molar-refractivity contribution in [2.75, 3.05) is 5.32 Å². The number of nitrogens with zero attached hydrogens (tertiary/aromatic N) is 5. The van der Waals surface area contributed by atoms with Gasteiger partial charge in [0, 0.05) is 42.4 Å². The zero-order chi connectivity index (χ0) is 18.9. The highest BCUT2D eigenvalue weighted by Gasteiger charge is 2.19. The molecule has 4 aromatic rings. The van der Waals surface area contributed by atoms with Crippen LogP contribution in [0.25, 0.3) is 0 Å². The predicted octanol–water partition coefficient (Wildman–Crippen LogP) is 3.56. The Morgan fingerprint density at radius 2 is 1.93 bits per heavy atom. The second-order valence-electron chi connectivity index (χ2n) is 6.19. The van der Waals surface area contributed by atoms with Gasteiger partial charge in [0.2, 0.25) is 5.78 Å². The van der Waals surface area contributed by atoms with Gasteiger partial charge in [0.25, 0.3) is 0 Å². The average molecular weight is 386 g/mol. The SMILES string of the molecule is O=C(c1ccccn1)c1nccn1Cc1ccc2c(c1)Nc1nccnc1S2. The highest BCUT2D eigenvalue weighted by Crippen LogP contribution is 2.42. The van der Waals surface area contributed by atoms with Crippen molar-refractivity contribution >= 4 is 29.1 Å². The highest BCUT2D eigenvalue weighted by molar-refractivity contribution is 7.99. The van der Waals surface area contributed by atoms with Gasteiger partial charge in [-0.2, -0.15) is 0 Å². The van der Waals surface area contributed by atoms with Crippen LogP contribution >= 0.6 is 11.8 Å². The third-order valence-electron chi connectivity index (χ3n) is 4.34. The van der Waals surface area contributed by atoms with Gasteiger partial charge < -0.3 is 9.88 Å². The molecule has 0 aliphatic carbocycles. The summed E-state index contributed by atoms with van der Waals surface area (Å²) in [5, 5.41) is 4.19. The summed E-state index contributed by atoms with van der Waals surface area (Å²) in [7, 11) is 0. The first-order chi connectivity index (χ1) is 13.8. The molecule has 0 saturated heterocycles. The van der Waals surface area contributed by atoms with Crippen molar-refractivity contribution in [3.63, 3.8) is 0 Å². The molecule has 28 heavy (non-hydrogen) atoms. The first kappa shape index (κ1) is 16.6. The fourth-order valence-electron chi connectivity index (χ4n) is 3.03. The van der Waals surface area contributed by atoms with E-state index in [0.29, 0.717) is 18.1 Å². The average Bonchev–Trinajstić information content (AvgIpc) is 3.20. The van der Waals surface area contributed by atoms with Crippen LogP contribution in [-0.4, -0.2) is 30.3 Å². The Kier molecular flexibility index (Phi) is 4.10. The summed E-state index contributed by atoms with van der Waals surface area (Å²) in [6.07, 6.45) is 8.40. The molecule has 0 amide bonds. The second kappa shape index (κ2) is 6.90. The Labute approximate surface area is 164 Å². The van der Waals surface area contributed by atoms with E-state index >= 15 is 0 Å². The van der Waals surface area contributed by atoms with Crippen molar-refractivity contribution in [2.45, 2.75) is 16.5 Å². The Morgan fingerprint density at radius 3 is 2.82 bits per heavy atom. The van der Waals surface area contributed by atoms with Crippen molar-refractivity contribution < 1.29 is 4.79 Å². The predicted molar refractivity (Wildman–Crippen MR) is 105 cm³/mol. The number of carbonyl (C=O) groups is 1. The molecule has 1 aromatic carbocycles. The van der Waals surface area contributed by atoms with Crippen LogP contribution in [0.1, 0.15) is 21.9 Å². The number of carbonyl (C=O) groups excluding carboxylic acids is 1. The van der Waals surface area contributed by atoms with Crippen LogP contribution in [0.2, 0.25) is 0 Å². The lowest BCUT2D eigenvalue weighted by atomic mass is 10.2. The molecule has 0 unspecified atom stereocenters. The molecule has 0 fully saturated rings. The molecule has 0 atom stereocenters. The number of benzene rings is 1. The van der Waals surface area contributed by atoms with Crippen molar-refractivity contribution in [1.29, 1.82) is 0 Å². The van der Waals surface area contributed by atoms with Crippen molar-refractivity contribution in [1.82, 2.24) is 24.5 Å². The fourth-order valence-corrected chi connectivity index (χ4v) is 3.91. The third kappa shape index (κ3) is 3.03. The van der Waals surface area contributed by atoms with E-state index in [2.05, 4.69) is 37.4 Å². The Balaban J connectivity index is 1.42. The minimum Gasteiger partial charge on any atom is -0.337 e. The van der Waals surface area contributed by atoms with Gasteiger partial charge in [-0.25, -0.2) is 15.0 Å². The zero-order valence-corrected chi connectivity index (χ0v) is 15.4. The van der Waals surface area contributed by atoms with Gasteiger partial charge in [-0.1, -0.05) is 23.9 Å². The first-order valence-corrected chi connectivity index (χ1v) is 9.45. The maximum absolute atomic E-state index is 12.7. The lowest BCUT2D eigenvalue weighted by molar-refractivity contribution is 0.102. The molecule has 1 aliphatic rings. The number of nitrogens with one attached hydrogen (secondary N) is 1. The van der Waals surface area contributed by atoms with Crippen LogP contribution in [0.4, 0.5) is 11.5 Å². The van der Waals surface area contributed by atoms with E-state index in [-0.39, 0.29) is 5.78 Å². The quantitative estimate of drug-likeness (QED) is 0.473. The van der Waals surface area contributed by atoms with Crippen LogP contribution in [0.3, 0.4) is 0 Å². The molecule has 0 radical (unpaired) electrons. The number of hydrogen-bond donors (Lipinski definition) is 1. The normalized spacial score (nSPS) is 12.0. The number of rotatable bonds is 4. The summed E-state index contributed by atoms with van der Waals surface area (Å²) in [6, 6.07) is 11.4. The lowest BCUT2D eigenvalue weighted by Crippen LogP contribution is -2.13. The lowest BCUT2D eigenvalue weighted by Gasteiger charge is -2.19. The Bertz CT molecular complexity index is 1170. The minimum atomic E-state index is -0.193. The summed E-state index contributed by atoms with van der Waals surface area (Å²) < 4.78 is 1.84. The summed E-state index contributed by atoms with van der Waals surface area (Å²) >= 11 is 1.59. The maximum Gasteiger partial charge on any atom is 0.246 e. The van der Waals surface area contributed by atoms with E-state index in [1.54, 1.807) is 60.9 Å². The molecule has 136 valence electrons. The summed E-state index contributed by atoms with van der Waals surface area (Å²) in [4.78, 5) is 30.9. The maximum atomic E-state index is 12.7. The summed E-state index contributed by atoms with van der Waals surface area (Å²) in [5.41, 5.74) is 2.41. The number of imidazole rings is 1. The van der Waals surface area contributed by atoms with Gasteiger partial charge in [0.15, 0.2) is 11.6 Å². The summed E-state index contributed by atoms with van der Waals surface area (Å²) in [5.74, 6) is 0.933. The zero-order valence-electron chi connectivity index (χ0n) is 14.6. The number of fused-ring (bicyclic) bond motifs is 2. The Morgan fingerprint density at radius 1 is 1.00 bits per heavy atom. The molecule has 0 spiro atoms. The van der Waals surface area contributed by atoms with Crippen LogP contribution in [0, 0.1) is 0 Å². The molecule has 4 heterocycles. The van der Waals surface area contributed by atoms with Gasteiger partial charge in [-0.3, -0.25) is 9.78 Å². The minimum absolute atomic E-state index is 0.193. The fraction of sp³-hybridized carbons (Fsp3) is 0.0500. The van der Waals surface area contributed by atoms with Gasteiger partial charge in [-0.05, 0) is 29.8 Å². The molecule has 0 bridgehead atoms. The molecular formula is C20H14N6OS. The van der Waals surface area contributed by atoms with Crippen LogP contribution in [0.5, 0.6) is 0 Å². The molecule has 1 N–H and O–H groups in total. The molecule has 5 rings (SSSR count). The molecular weight excluding hydrogens is 372 g/mol. The standard InChI is InChI=1S/C20H14N6OS/c27-17(14-3-1-2-6-21-14)19-23-9-10-26(19)12-13-4-5-16-15(11-13)25-18-20(28-16)24-8-7-22-18/h1-11H,12H2,(H,22,25). The van der Waals surface area contributed by atoms with Gasteiger partial charge in [0.1, 0.15) is 10.7 Å². The smallest absolute Gasteiger partial charge is 0.246 e. The van der Waals surface area contributed by atoms with Crippen molar-refractivity contribution in [3.05, 3.63) is 84.5 Å². The van der Waals surface area contributed by atoms with Gasteiger partial charge >= 0.3 is 0 Å². The molecule has 1 aliphatic heterocycles. The van der Waals surface area contributed by atoms with E-state index in [9.17, 15) is 4.79 Å². The molecule has 8 heteroatoms. The van der Waals surface area contributed by atoms with E-state index in [0.717, 1.165) is 27.0 Å². The molecule has 7 nitrogen and oxygen atoms in total. The molecule has 3 aromatic heterocycles. The first-order valence-electron chi connectivity index (χ1n) is 8.63. The third-order valence-corrected chi connectivity index (χ3v) is 5.41. The molecule has 0 saturated carbocycles. The van der Waals surface area contributed by atoms with Gasteiger partial charge in [0.05, 0.1) is 5.69 Å². The monoisotopic (exact) mass is 386 g/mol. The van der Waals surface area contributed by atoms with E-state index in [1.165, 1.54) is 0 Å². The van der Waals surface area contributed by atoms with Crippen molar-refractivity contribution in [3.8, 4) is 0 Å². The summed E-state index contributed by atoms with van der Waals surface area (Å²) in [6.45, 7) is 0.529. The topological polar surface area (TPSA) is 85.6 Å². The second-order valence-corrected chi connectivity index (χ2v) is 7.22.